The van der Waals surface area contributed by atoms with Gasteiger partial charge in [-0.15, -0.1) is 0 Å². The number of nitrogens with one attached hydrogen (secondary N) is 1. The number of piperazine rings is 1. The second-order valence-electron chi connectivity index (χ2n) is 6.82. The largest absolute Gasteiger partial charge is 0.492 e. The molecule has 1 heterocycles. The first-order chi connectivity index (χ1) is 13.2. The lowest BCUT2D eigenvalue weighted by Gasteiger charge is -2.37. The number of carbonyl (C=O) groups excluding carboxylic acids is 2. The Bertz CT molecular complexity index is 731. The molecule has 0 spiro atoms. The average molecular weight is 392 g/mol. The van der Waals surface area contributed by atoms with E-state index in [1.54, 1.807) is 26.0 Å². The standard InChI is InChI=1S/C19H28N4O5/c1-13(19(27)20-14(2)24)21(3)15-6-5-7-16(18(15)28-4)23-10-8-22(9-11-23)12-17(25)26/h5-7,13H,8-12H2,1-4H3,(H,25,26)(H,20,24,27). The van der Waals surface area contributed by atoms with Crippen LogP contribution >= 0.6 is 0 Å². The number of amides is 2. The number of nitrogens with zero attached hydrogens (tertiary/aromatic N) is 3. The Hall–Kier alpha value is -2.81. The van der Waals surface area contributed by atoms with Gasteiger partial charge in [-0.2, -0.15) is 0 Å². The summed E-state index contributed by atoms with van der Waals surface area (Å²) >= 11 is 0. The number of rotatable bonds is 7. The van der Waals surface area contributed by atoms with Crippen molar-refractivity contribution in [2.24, 2.45) is 0 Å². The molecule has 1 saturated heterocycles. The van der Waals surface area contributed by atoms with Gasteiger partial charge in [-0.05, 0) is 19.1 Å². The Morgan fingerprint density at radius 1 is 1.25 bits per heavy atom. The minimum absolute atomic E-state index is 0.0382. The predicted octanol–water partition coefficient (Wildman–Crippen LogP) is 0.389. The second-order valence-corrected chi connectivity index (χ2v) is 6.82. The van der Waals surface area contributed by atoms with Gasteiger partial charge in [0.05, 0.1) is 25.0 Å². The lowest BCUT2D eigenvalue weighted by atomic mass is 10.1. The fourth-order valence-corrected chi connectivity index (χ4v) is 3.25. The van der Waals surface area contributed by atoms with E-state index in [2.05, 4.69) is 10.2 Å². The summed E-state index contributed by atoms with van der Waals surface area (Å²) in [6.45, 7) is 5.70. The Labute approximate surface area is 164 Å². The van der Waals surface area contributed by atoms with Crippen molar-refractivity contribution in [2.75, 3.05) is 56.7 Å². The minimum Gasteiger partial charge on any atom is -0.492 e. The number of hydrogen-bond donors (Lipinski definition) is 2. The number of benzene rings is 1. The Balaban J connectivity index is 2.19. The van der Waals surface area contributed by atoms with E-state index in [-0.39, 0.29) is 12.5 Å². The topological polar surface area (TPSA) is 102 Å². The van der Waals surface area contributed by atoms with Crippen molar-refractivity contribution < 1.29 is 24.2 Å². The molecule has 154 valence electrons. The molecule has 1 atom stereocenters. The molecule has 2 amide bonds. The number of imide groups is 1. The number of anilines is 2. The van der Waals surface area contributed by atoms with Crippen LogP contribution in [0.2, 0.25) is 0 Å². The van der Waals surface area contributed by atoms with Gasteiger partial charge < -0.3 is 19.6 Å². The highest BCUT2D eigenvalue weighted by Crippen LogP contribution is 2.38. The van der Waals surface area contributed by atoms with Gasteiger partial charge in [0.1, 0.15) is 6.04 Å². The van der Waals surface area contributed by atoms with Crippen LogP contribution in [0.1, 0.15) is 13.8 Å². The van der Waals surface area contributed by atoms with Crippen molar-refractivity contribution >= 4 is 29.2 Å². The zero-order valence-electron chi connectivity index (χ0n) is 16.8. The molecule has 1 fully saturated rings. The first kappa shape index (κ1) is 21.5. The zero-order valence-corrected chi connectivity index (χ0v) is 16.8. The van der Waals surface area contributed by atoms with Crippen LogP contribution < -0.4 is 19.9 Å². The van der Waals surface area contributed by atoms with Crippen LogP contribution in [0.25, 0.3) is 0 Å². The summed E-state index contributed by atoms with van der Waals surface area (Å²) in [5.74, 6) is -0.971. The minimum atomic E-state index is -0.826. The van der Waals surface area contributed by atoms with Gasteiger partial charge >= 0.3 is 5.97 Å². The third kappa shape index (κ3) is 5.13. The maximum Gasteiger partial charge on any atom is 0.317 e. The summed E-state index contributed by atoms with van der Waals surface area (Å²) in [6.07, 6.45) is 0. The first-order valence-electron chi connectivity index (χ1n) is 9.15. The molecule has 1 aromatic carbocycles. The van der Waals surface area contributed by atoms with E-state index in [9.17, 15) is 14.4 Å². The Kier molecular flexibility index (Phi) is 7.22. The van der Waals surface area contributed by atoms with Crippen LogP contribution in [0.15, 0.2) is 18.2 Å². The second kappa shape index (κ2) is 9.41. The van der Waals surface area contributed by atoms with Crippen LogP contribution in [-0.4, -0.2) is 80.7 Å². The number of likely N-dealkylation sites (N-methyl/N-ethyl adjacent to an activating group) is 1. The van der Waals surface area contributed by atoms with Crippen LogP contribution in [0.5, 0.6) is 5.75 Å². The lowest BCUT2D eigenvalue weighted by Crippen LogP contribution is -2.48. The summed E-state index contributed by atoms with van der Waals surface area (Å²) in [5.41, 5.74) is 1.63. The maximum atomic E-state index is 12.2. The molecular weight excluding hydrogens is 364 g/mol. The molecule has 1 aliphatic heterocycles. The third-order valence-electron chi connectivity index (χ3n) is 4.89. The highest BCUT2D eigenvalue weighted by Gasteiger charge is 2.26. The fourth-order valence-electron chi connectivity index (χ4n) is 3.25. The number of hydrogen-bond acceptors (Lipinski definition) is 7. The van der Waals surface area contributed by atoms with Gasteiger partial charge in [0.2, 0.25) is 11.8 Å². The van der Waals surface area contributed by atoms with Gasteiger partial charge in [0.25, 0.3) is 0 Å². The average Bonchev–Trinajstić information content (AvgIpc) is 2.65. The van der Waals surface area contributed by atoms with E-state index in [1.165, 1.54) is 6.92 Å². The van der Waals surface area contributed by atoms with Crippen molar-refractivity contribution in [3.8, 4) is 5.75 Å². The third-order valence-corrected chi connectivity index (χ3v) is 4.89. The fraction of sp³-hybridized carbons (Fsp3) is 0.526. The highest BCUT2D eigenvalue weighted by atomic mass is 16.5. The number of para-hydroxylation sites is 1. The number of carboxylic acid groups (broad SMARTS) is 1. The van der Waals surface area contributed by atoms with E-state index < -0.39 is 17.9 Å². The van der Waals surface area contributed by atoms with Gasteiger partial charge in [0.15, 0.2) is 5.75 Å². The van der Waals surface area contributed by atoms with Crippen molar-refractivity contribution in [3.05, 3.63) is 18.2 Å². The summed E-state index contributed by atoms with van der Waals surface area (Å²) in [4.78, 5) is 40.1. The first-order valence-corrected chi connectivity index (χ1v) is 9.15. The van der Waals surface area contributed by atoms with Gasteiger partial charge in [0, 0.05) is 40.2 Å². The lowest BCUT2D eigenvalue weighted by molar-refractivity contribution is -0.138. The van der Waals surface area contributed by atoms with Gasteiger partial charge in [-0.25, -0.2) is 0 Å². The van der Waals surface area contributed by atoms with Crippen molar-refractivity contribution in [2.45, 2.75) is 19.9 Å². The van der Waals surface area contributed by atoms with Crippen LogP contribution in [0.3, 0.4) is 0 Å². The van der Waals surface area contributed by atoms with Crippen molar-refractivity contribution in [1.82, 2.24) is 10.2 Å². The maximum absolute atomic E-state index is 12.2. The smallest absolute Gasteiger partial charge is 0.317 e. The van der Waals surface area contributed by atoms with Crippen LogP contribution in [0, 0.1) is 0 Å². The van der Waals surface area contributed by atoms with Crippen molar-refractivity contribution in [3.63, 3.8) is 0 Å². The Morgan fingerprint density at radius 3 is 2.43 bits per heavy atom. The summed E-state index contributed by atoms with van der Waals surface area (Å²) in [6, 6.07) is 5.13. The molecule has 0 radical (unpaired) electrons. The molecule has 1 aromatic rings. The zero-order chi connectivity index (χ0) is 20.8. The number of carbonyl (C=O) groups is 3. The number of methoxy groups -OCH3 is 1. The molecule has 0 aromatic heterocycles. The molecule has 9 heteroatoms. The van der Waals surface area contributed by atoms with E-state index in [0.717, 1.165) is 11.4 Å². The number of ether oxygens (including phenoxy) is 1. The van der Waals surface area contributed by atoms with Gasteiger partial charge in [-0.1, -0.05) is 6.07 Å². The molecule has 0 aliphatic carbocycles. The van der Waals surface area contributed by atoms with Gasteiger partial charge in [-0.3, -0.25) is 24.6 Å². The number of carboxylic acids is 1. The van der Waals surface area contributed by atoms with E-state index in [0.29, 0.717) is 31.9 Å². The van der Waals surface area contributed by atoms with E-state index >= 15 is 0 Å². The molecule has 1 unspecified atom stereocenters. The monoisotopic (exact) mass is 392 g/mol. The predicted molar refractivity (Wildman–Crippen MR) is 106 cm³/mol. The summed E-state index contributed by atoms with van der Waals surface area (Å²) < 4.78 is 5.66. The molecule has 2 rings (SSSR count). The van der Waals surface area contributed by atoms with E-state index in [1.807, 2.05) is 23.1 Å². The molecule has 9 nitrogen and oxygen atoms in total. The van der Waals surface area contributed by atoms with Crippen molar-refractivity contribution in [1.29, 1.82) is 0 Å². The molecular formula is C19H28N4O5. The SMILES string of the molecule is COc1c(N2CCN(CC(=O)O)CC2)cccc1N(C)C(C)C(=O)NC(C)=O. The molecule has 1 aliphatic rings. The van der Waals surface area contributed by atoms with E-state index in [4.69, 9.17) is 9.84 Å². The Morgan fingerprint density at radius 2 is 1.89 bits per heavy atom. The van der Waals surface area contributed by atoms with Crippen LogP contribution in [0.4, 0.5) is 11.4 Å². The molecule has 2 N–H and O–H groups in total. The molecule has 28 heavy (non-hydrogen) atoms. The molecule has 0 saturated carbocycles. The molecule has 0 bridgehead atoms. The normalized spacial score (nSPS) is 15.6. The summed E-state index contributed by atoms with van der Waals surface area (Å²) in [7, 11) is 3.36. The summed E-state index contributed by atoms with van der Waals surface area (Å²) in [5, 5.41) is 11.3. The highest BCUT2D eigenvalue weighted by molar-refractivity contribution is 5.98. The number of aliphatic carboxylic acids is 1. The quantitative estimate of drug-likeness (QED) is 0.687. The van der Waals surface area contributed by atoms with Crippen LogP contribution in [-0.2, 0) is 14.4 Å².